The van der Waals surface area contributed by atoms with Crippen molar-refractivity contribution < 1.29 is 35.9 Å². The molecule has 1 aliphatic heterocycles. The van der Waals surface area contributed by atoms with E-state index in [4.69, 9.17) is 14.0 Å². The molecule has 240 valence electrons. The van der Waals surface area contributed by atoms with Gasteiger partial charge in [0.1, 0.15) is 17.9 Å². The van der Waals surface area contributed by atoms with Crippen LogP contribution in [-0.2, 0) is 24.1 Å². The molecule has 1 N–H and O–H groups in total. The van der Waals surface area contributed by atoms with Crippen LogP contribution < -0.4 is 20.5 Å². The number of nitrogens with zero attached hydrogens (tertiary/aromatic N) is 7. The fraction of sp³-hybridized carbons (Fsp3) is 0.429. The Morgan fingerprint density at radius 3 is 2.53 bits per heavy atom. The molecular weight excluding hydrogens is 607 g/mol. The summed E-state index contributed by atoms with van der Waals surface area (Å²) in [7, 11) is 1.49. The van der Waals surface area contributed by atoms with E-state index in [1.807, 2.05) is 4.90 Å². The number of methoxy groups -OCH3 is 1. The number of anilines is 2. The number of rotatable bonds is 12. The van der Waals surface area contributed by atoms with Gasteiger partial charge >= 0.3 is 6.18 Å². The SMILES string of the molecule is COc1ccc(Cn2ncc(NC(C)COCc3nc(C4CCN(c5ncc(C(F)F)cn5)C4)no3)c(C(F)(F)F)c2=O)cc1. The van der Waals surface area contributed by atoms with Gasteiger partial charge in [-0.15, -0.1) is 0 Å². The van der Waals surface area contributed by atoms with Gasteiger partial charge in [-0.2, -0.15) is 23.3 Å². The summed E-state index contributed by atoms with van der Waals surface area (Å²) in [6.45, 7) is 2.32. The number of hydrogen-bond acceptors (Lipinski definition) is 11. The quantitative estimate of drug-likeness (QED) is 0.221. The summed E-state index contributed by atoms with van der Waals surface area (Å²) in [6.07, 6.45) is -3.75. The summed E-state index contributed by atoms with van der Waals surface area (Å²) in [5, 5.41) is 10.6. The van der Waals surface area contributed by atoms with E-state index >= 15 is 0 Å². The highest BCUT2D eigenvalue weighted by molar-refractivity contribution is 5.50. The molecule has 0 amide bonds. The van der Waals surface area contributed by atoms with Gasteiger partial charge in [0.15, 0.2) is 5.82 Å². The molecule has 0 spiro atoms. The van der Waals surface area contributed by atoms with Gasteiger partial charge < -0.3 is 24.2 Å². The Balaban J connectivity index is 1.15. The van der Waals surface area contributed by atoms with Gasteiger partial charge in [0.05, 0.1) is 37.7 Å². The molecule has 0 bridgehead atoms. The van der Waals surface area contributed by atoms with Crippen molar-refractivity contribution in [3.05, 3.63) is 81.6 Å². The van der Waals surface area contributed by atoms with Crippen LogP contribution in [0.5, 0.6) is 5.75 Å². The molecule has 0 saturated carbocycles. The largest absolute Gasteiger partial charge is 0.497 e. The van der Waals surface area contributed by atoms with Crippen molar-refractivity contribution in [3.63, 3.8) is 0 Å². The second-order valence-corrected chi connectivity index (χ2v) is 10.4. The van der Waals surface area contributed by atoms with E-state index in [-0.39, 0.29) is 37.1 Å². The van der Waals surface area contributed by atoms with Crippen molar-refractivity contribution in [1.29, 1.82) is 0 Å². The van der Waals surface area contributed by atoms with Gasteiger partial charge in [0.25, 0.3) is 17.9 Å². The lowest BCUT2D eigenvalue weighted by Crippen LogP contribution is -2.34. The van der Waals surface area contributed by atoms with Crippen LogP contribution in [0.15, 0.2) is 52.2 Å². The van der Waals surface area contributed by atoms with Crippen LogP contribution in [0.25, 0.3) is 0 Å². The molecule has 5 rings (SSSR count). The first-order chi connectivity index (χ1) is 21.5. The van der Waals surface area contributed by atoms with E-state index in [1.54, 1.807) is 31.2 Å². The van der Waals surface area contributed by atoms with Crippen molar-refractivity contribution >= 4 is 11.6 Å². The molecule has 17 heteroatoms. The summed E-state index contributed by atoms with van der Waals surface area (Å²) < 4.78 is 84.1. The van der Waals surface area contributed by atoms with Crippen molar-refractivity contribution in [2.24, 2.45) is 0 Å². The Morgan fingerprint density at radius 1 is 1.13 bits per heavy atom. The fourth-order valence-corrected chi connectivity index (χ4v) is 4.77. The van der Waals surface area contributed by atoms with Gasteiger partial charge in [0.2, 0.25) is 5.95 Å². The Kier molecular flexibility index (Phi) is 9.55. The molecular formula is C28H29F5N8O4. The average molecular weight is 637 g/mol. The predicted octanol–water partition coefficient (Wildman–Crippen LogP) is 4.44. The Labute approximate surface area is 253 Å². The van der Waals surface area contributed by atoms with Crippen LogP contribution >= 0.6 is 0 Å². The zero-order valence-electron chi connectivity index (χ0n) is 24.2. The third-order valence-electron chi connectivity index (χ3n) is 7.04. The van der Waals surface area contributed by atoms with Gasteiger partial charge in [-0.05, 0) is 31.0 Å². The monoisotopic (exact) mass is 636 g/mol. The molecule has 1 aromatic carbocycles. The highest BCUT2D eigenvalue weighted by Gasteiger charge is 2.38. The number of ether oxygens (including phenoxy) is 2. The first kappa shape index (κ1) is 31.7. The highest BCUT2D eigenvalue weighted by Crippen LogP contribution is 2.32. The van der Waals surface area contributed by atoms with Crippen LogP contribution in [-0.4, -0.2) is 62.7 Å². The number of alkyl halides is 5. The minimum atomic E-state index is -4.93. The zero-order valence-corrected chi connectivity index (χ0v) is 24.2. The Bertz CT molecular complexity index is 1630. The predicted molar refractivity (Wildman–Crippen MR) is 149 cm³/mol. The Hall–Kier alpha value is -4.67. The third-order valence-corrected chi connectivity index (χ3v) is 7.04. The second kappa shape index (κ2) is 13.5. The lowest BCUT2D eigenvalue weighted by Gasteiger charge is -2.19. The number of aromatic nitrogens is 6. The van der Waals surface area contributed by atoms with Gasteiger partial charge in [-0.1, -0.05) is 17.3 Å². The van der Waals surface area contributed by atoms with E-state index in [0.29, 0.717) is 42.6 Å². The van der Waals surface area contributed by atoms with E-state index in [0.717, 1.165) is 23.3 Å². The fourth-order valence-electron chi connectivity index (χ4n) is 4.77. The van der Waals surface area contributed by atoms with E-state index in [9.17, 15) is 26.7 Å². The topological polar surface area (TPSA) is 133 Å². The molecule has 4 heterocycles. The maximum Gasteiger partial charge on any atom is 0.423 e. The first-order valence-electron chi connectivity index (χ1n) is 13.8. The van der Waals surface area contributed by atoms with Crippen LogP contribution in [0.3, 0.4) is 0 Å². The lowest BCUT2D eigenvalue weighted by molar-refractivity contribution is -0.138. The number of hydrogen-bond donors (Lipinski definition) is 1. The van der Waals surface area contributed by atoms with E-state index in [2.05, 4.69) is 30.5 Å². The average Bonchev–Trinajstić information content (AvgIpc) is 3.69. The van der Waals surface area contributed by atoms with E-state index < -0.39 is 35.5 Å². The number of nitrogens with one attached hydrogen (secondary N) is 1. The molecule has 1 fully saturated rings. The van der Waals surface area contributed by atoms with Crippen molar-refractivity contribution in [2.45, 2.75) is 51.1 Å². The van der Waals surface area contributed by atoms with Crippen LogP contribution in [0.1, 0.15) is 54.1 Å². The minimum absolute atomic E-state index is 0.0485. The van der Waals surface area contributed by atoms with Gasteiger partial charge in [0, 0.05) is 37.4 Å². The maximum atomic E-state index is 14.0. The molecule has 1 saturated heterocycles. The summed E-state index contributed by atoms with van der Waals surface area (Å²) >= 11 is 0. The summed E-state index contributed by atoms with van der Waals surface area (Å²) in [6, 6.07) is 5.90. The number of benzene rings is 1. The molecule has 12 nitrogen and oxygen atoms in total. The zero-order chi connectivity index (χ0) is 32.1. The summed E-state index contributed by atoms with van der Waals surface area (Å²) in [4.78, 5) is 27.0. The molecule has 4 aromatic rings. The standard InChI is InChI=1S/C28H29F5N8O4/c1-16(37-21-11-36-41(26(42)23(21)28(31,32)33)12-17-3-5-20(43-2)6-4-17)14-44-15-22-38-25(39-45-22)18-7-8-40(13-18)27-34-9-19(10-35-27)24(29)30/h3-6,9-11,16,18,24,37H,7-8,12-15H2,1-2H3. The number of halogens is 5. The van der Waals surface area contributed by atoms with E-state index in [1.165, 1.54) is 7.11 Å². The highest BCUT2D eigenvalue weighted by atomic mass is 19.4. The second-order valence-electron chi connectivity index (χ2n) is 10.4. The summed E-state index contributed by atoms with van der Waals surface area (Å²) in [5.74, 6) is 1.39. The smallest absolute Gasteiger partial charge is 0.423 e. The molecule has 2 atom stereocenters. The first-order valence-corrected chi connectivity index (χ1v) is 13.8. The van der Waals surface area contributed by atoms with Gasteiger partial charge in [-0.25, -0.2) is 23.4 Å². The molecule has 0 radical (unpaired) electrons. The molecule has 45 heavy (non-hydrogen) atoms. The van der Waals surface area contributed by atoms with Crippen LogP contribution in [0.2, 0.25) is 0 Å². The van der Waals surface area contributed by atoms with Crippen LogP contribution in [0, 0.1) is 0 Å². The molecule has 1 aliphatic rings. The molecule has 0 aliphatic carbocycles. The summed E-state index contributed by atoms with van der Waals surface area (Å²) in [5.41, 5.74) is -2.79. The van der Waals surface area contributed by atoms with Crippen molar-refractivity contribution in [3.8, 4) is 5.75 Å². The molecule has 3 aromatic heterocycles. The van der Waals surface area contributed by atoms with Crippen molar-refractivity contribution in [2.75, 3.05) is 37.0 Å². The maximum absolute atomic E-state index is 14.0. The Morgan fingerprint density at radius 2 is 1.87 bits per heavy atom. The van der Waals surface area contributed by atoms with Gasteiger partial charge in [-0.3, -0.25) is 4.79 Å². The lowest BCUT2D eigenvalue weighted by atomic mass is 10.1. The van der Waals surface area contributed by atoms with Crippen LogP contribution in [0.4, 0.5) is 33.6 Å². The minimum Gasteiger partial charge on any atom is -0.497 e. The molecule has 2 unspecified atom stereocenters. The van der Waals surface area contributed by atoms with Crippen molar-refractivity contribution in [1.82, 2.24) is 29.9 Å². The normalized spacial score (nSPS) is 15.9. The third kappa shape index (κ3) is 7.71.